The molecule has 1 amide bonds. The molecule has 2 fully saturated rings. The number of phenolic OH excluding ortho intramolecular Hbond substituents is 1. The number of nitrogens with zero attached hydrogens (tertiary/aromatic N) is 2. The highest BCUT2D eigenvalue weighted by Gasteiger charge is 2.30. The molecule has 2 aliphatic heterocycles. The largest absolute Gasteiger partial charge is 0.508 e. The van der Waals surface area contributed by atoms with Crippen molar-refractivity contribution in [3.05, 3.63) is 24.3 Å². The summed E-state index contributed by atoms with van der Waals surface area (Å²) in [6, 6.07) is 7.21. The Balaban J connectivity index is 1.56. The number of ether oxygens (including phenoxy) is 1. The monoisotopic (exact) mass is 276 g/mol. The molecule has 0 aromatic heterocycles. The Hall–Kier alpha value is -1.75. The van der Waals surface area contributed by atoms with Gasteiger partial charge >= 0.3 is 0 Å². The lowest BCUT2D eigenvalue weighted by Gasteiger charge is -2.37. The van der Waals surface area contributed by atoms with Crippen LogP contribution in [-0.2, 0) is 9.53 Å². The fraction of sp³-hybridized carbons (Fsp3) is 0.533. The topological polar surface area (TPSA) is 53.0 Å². The molecule has 1 unspecified atom stereocenters. The third-order valence-electron chi connectivity index (χ3n) is 4.01. The molecule has 108 valence electrons. The van der Waals surface area contributed by atoms with Crippen LogP contribution in [0.3, 0.4) is 0 Å². The van der Waals surface area contributed by atoms with Gasteiger partial charge in [-0.3, -0.25) is 4.79 Å². The minimum absolute atomic E-state index is 0.146. The van der Waals surface area contributed by atoms with Gasteiger partial charge < -0.3 is 19.6 Å². The summed E-state index contributed by atoms with van der Waals surface area (Å²) < 4.78 is 5.46. The van der Waals surface area contributed by atoms with Gasteiger partial charge in [-0.25, -0.2) is 0 Å². The fourth-order valence-corrected chi connectivity index (χ4v) is 2.82. The number of carbonyl (C=O) groups is 1. The van der Waals surface area contributed by atoms with E-state index in [1.165, 1.54) is 0 Å². The summed E-state index contributed by atoms with van der Waals surface area (Å²) in [5, 5.41) is 9.31. The number of rotatable bonds is 2. The summed E-state index contributed by atoms with van der Waals surface area (Å²) in [6.07, 6.45) is 1.64. The van der Waals surface area contributed by atoms with E-state index in [4.69, 9.17) is 4.74 Å². The molecule has 0 saturated carbocycles. The van der Waals surface area contributed by atoms with Crippen LogP contribution < -0.4 is 4.90 Å². The molecule has 1 atom stereocenters. The van der Waals surface area contributed by atoms with Gasteiger partial charge in [0.15, 0.2) is 0 Å². The highest BCUT2D eigenvalue weighted by atomic mass is 16.5. The van der Waals surface area contributed by atoms with Crippen LogP contribution in [0, 0.1) is 0 Å². The number of piperazine rings is 1. The van der Waals surface area contributed by atoms with E-state index in [1.807, 2.05) is 17.0 Å². The second kappa shape index (κ2) is 5.71. The molecule has 3 rings (SSSR count). The first-order chi connectivity index (χ1) is 9.74. The normalized spacial score (nSPS) is 23.1. The van der Waals surface area contributed by atoms with Gasteiger partial charge in [-0.1, -0.05) is 0 Å². The minimum atomic E-state index is -0.213. The molecular formula is C15H20N2O3. The van der Waals surface area contributed by atoms with Crippen molar-refractivity contribution in [2.75, 3.05) is 37.7 Å². The smallest absolute Gasteiger partial charge is 0.251 e. The van der Waals surface area contributed by atoms with Crippen LogP contribution in [0.2, 0.25) is 0 Å². The first-order valence-electron chi connectivity index (χ1n) is 7.18. The van der Waals surface area contributed by atoms with Gasteiger partial charge in [-0.05, 0) is 37.1 Å². The van der Waals surface area contributed by atoms with Gasteiger partial charge in [0.25, 0.3) is 5.91 Å². The molecule has 5 heteroatoms. The Morgan fingerprint density at radius 1 is 1.15 bits per heavy atom. The van der Waals surface area contributed by atoms with Crippen molar-refractivity contribution in [3.63, 3.8) is 0 Å². The van der Waals surface area contributed by atoms with Crippen LogP contribution in [-0.4, -0.2) is 54.8 Å². The molecule has 1 aromatic carbocycles. The van der Waals surface area contributed by atoms with Crippen LogP contribution in [0.25, 0.3) is 0 Å². The Morgan fingerprint density at radius 2 is 1.85 bits per heavy atom. The predicted molar refractivity (Wildman–Crippen MR) is 75.9 cm³/mol. The van der Waals surface area contributed by atoms with Gasteiger partial charge in [0.1, 0.15) is 11.9 Å². The summed E-state index contributed by atoms with van der Waals surface area (Å²) in [6.45, 7) is 3.83. The van der Waals surface area contributed by atoms with Crippen LogP contribution >= 0.6 is 0 Å². The molecule has 0 radical (unpaired) electrons. The molecule has 1 N–H and O–H groups in total. The Morgan fingerprint density at radius 3 is 2.45 bits per heavy atom. The fourth-order valence-electron chi connectivity index (χ4n) is 2.82. The SMILES string of the molecule is O=C(C1CCCO1)N1CCN(c2ccc(O)cc2)CC1. The number of anilines is 1. The first kappa shape index (κ1) is 13.2. The van der Waals surface area contributed by atoms with Crippen molar-refractivity contribution in [1.29, 1.82) is 0 Å². The minimum Gasteiger partial charge on any atom is -0.508 e. The molecule has 20 heavy (non-hydrogen) atoms. The van der Waals surface area contributed by atoms with E-state index < -0.39 is 0 Å². The number of aromatic hydroxyl groups is 1. The van der Waals surface area contributed by atoms with Crippen molar-refractivity contribution in [2.45, 2.75) is 18.9 Å². The highest BCUT2D eigenvalue weighted by Crippen LogP contribution is 2.21. The maximum atomic E-state index is 12.2. The number of amides is 1. The third kappa shape index (κ3) is 2.72. The van der Waals surface area contributed by atoms with Gasteiger partial charge in [-0.2, -0.15) is 0 Å². The first-order valence-corrected chi connectivity index (χ1v) is 7.18. The zero-order valence-corrected chi connectivity index (χ0v) is 11.5. The number of hydrogen-bond donors (Lipinski definition) is 1. The van der Waals surface area contributed by atoms with Crippen molar-refractivity contribution in [3.8, 4) is 5.75 Å². The Kier molecular flexibility index (Phi) is 3.78. The van der Waals surface area contributed by atoms with Gasteiger partial charge in [0, 0.05) is 38.5 Å². The maximum Gasteiger partial charge on any atom is 0.251 e. The summed E-state index contributed by atoms with van der Waals surface area (Å²) in [4.78, 5) is 16.4. The summed E-state index contributed by atoms with van der Waals surface area (Å²) in [5.74, 6) is 0.425. The summed E-state index contributed by atoms with van der Waals surface area (Å²) in [5.41, 5.74) is 1.09. The molecule has 2 saturated heterocycles. The maximum absolute atomic E-state index is 12.2. The van der Waals surface area contributed by atoms with Gasteiger partial charge in [0.05, 0.1) is 0 Å². The van der Waals surface area contributed by atoms with Crippen LogP contribution in [0.4, 0.5) is 5.69 Å². The van der Waals surface area contributed by atoms with Gasteiger partial charge in [-0.15, -0.1) is 0 Å². The standard InChI is InChI=1S/C15H20N2O3/c18-13-5-3-12(4-6-13)16-7-9-17(10-8-16)15(19)14-2-1-11-20-14/h3-6,14,18H,1-2,7-11H2. The second-order valence-electron chi connectivity index (χ2n) is 5.33. The van der Waals surface area contributed by atoms with E-state index in [9.17, 15) is 9.90 Å². The molecule has 0 aliphatic carbocycles. The molecule has 2 heterocycles. The van der Waals surface area contributed by atoms with Crippen molar-refractivity contribution < 1.29 is 14.6 Å². The van der Waals surface area contributed by atoms with Crippen LogP contribution in [0.5, 0.6) is 5.75 Å². The van der Waals surface area contributed by atoms with E-state index in [0.29, 0.717) is 6.61 Å². The average Bonchev–Trinajstić information content (AvgIpc) is 3.02. The van der Waals surface area contributed by atoms with E-state index in [2.05, 4.69) is 4.90 Å². The molecule has 0 spiro atoms. The predicted octanol–water partition coefficient (Wildman–Crippen LogP) is 1.22. The molecule has 2 aliphatic rings. The summed E-state index contributed by atoms with van der Waals surface area (Å²) >= 11 is 0. The molecule has 0 bridgehead atoms. The molecule has 1 aromatic rings. The zero-order chi connectivity index (χ0) is 13.9. The van der Waals surface area contributed by atoms with Crippen molar-refractivity contribution >= 4 is 11.6 Å². The lowest BCUT2D eigenvalue weighted by atomic mass is 10.2. The van der Waals surface area contributed by atoms with E-state index >= 15 is 0 Å². The number of carbonyl (C=O) groups excluding carboxylic acids is 1. The third-order valence-corrected chi connectivity index (χ3v) is 4.01. The highest BCUT2D eigenvalue weighted by molar-refractivity contribution is 5.81. The number of benzene rings is 1. The van der Waals surface area contributed by atoms with Crippen molar-refractivity contribution in [1.82, 2.24) is 4.90 Å². The number of hydrogen-bond acceptors (Lipinski definition) is 4. The van der Waals surface area contributed by atoms with E-state index in [1.54, 1.807) is 12.1 Å². The number of phenols is 1. The zero-order valence-electron chi connectivity index (χ0n) is 11.5. The van der Waals surface area contributed by atoms with Gasteiger partial charge in [0.2, 0.25) is 0 Å². The lowest BCUT2D eigenvalue weighted by Crippen LogP contribution is -2.51. The Labute approximate surface area is 118 Å². The Bertz CT molecular complexity index is 461. The van der Waals surface area contributed by atoms with E-state index in [-0.39, 0.29) is 17.8 Å². The van der Waals surface area contributed by atoms with Crippen molar-refractivity contribution in [2.24, 2.45) is 0 Å². The quantitative estimate of drug-likeness (QED) is 0.882. The average molecular weight is 276 g/mol. The van der Waals surface area contributed by atoms with E-state index in [0.717, 1.165) is 44.7 Å². The molecular weight excluding hydrogens is 256 g/mol. The van der Waals surface area contributed by atoms with Crippen LogP contribution in [0.1, 0.15) is 12.8 Å². The second-order valence-corrected chi connectivity index (χ2v) is 5.33. The summed E-state index contributed by atoms with van der Waals surface area (Å²) in [7, 11) is 0. The molecule has 5 nitrogen and oxygen atoms in total. The van der Waals surface area contributed by atoms with Crippen LogP contribution in [0.15, 0.2) is 24.3 Å². The lowest BCUT2D eigenvalue weighted by molar-refractivity contribution is -0.141.